The lowest BCUT2D eigenvalue weighted by Gasteiger charge is -2.12. The normalized spacial score (nSPS) is 11.2. The number of hydrogen-bond acceptors (Lipinski definition) is 5. The van der Waals surface area contributed by atoms with Gasteiger partial charge in [-0.3, -0.25) is 19.1 Å². The van der Waals surface area contributed by atoms with Crippen LogP contribution in [0.3, 0.4) is 0 Å². The molecular weight excluding hydrogens is 410 g/mol. The van der Waals surface area contributed by atoms with Crippen LogP contribution in [-0.2, 0) is 0 Å². The molecule has 0 spiro atoms. The van der Waals surface area contributed by atoms with Crippen LogP contribution in [-0.4, -0.2) is 34.3 Å². The summed E-state index contributed by atoms with van der Waals surface area (Å²) >= 11 is 0. The molecule has 0 atom stereocenters. The van der Waals surface area contributed by atoms with Crippen LogP contribution >= 0.6 is 0 Å². The van der Waals surface area contributed by atoms with E-state index in [9.17, 15) is 0 Å². The van der Waals surface area contributed by atoms with Gasteiger partial charge < -0.3 is 0 Å². The molecule has 0 saturated heterocycles. The van der Waals surface area contributed by atoms with Crippen LogP contribution in [0.1, 0.15) is 5.69 Å². The van der Waals surface area contributed by atoms with Crippen LogP contribution < -0.4 is 0 Å². The van der Waals surface area contributed by atoms with E-state index in [0.29, 0.717) is 11.6 Å². The first-order valence-corrected chi connectivity index (χ1v) is 10.6. The SMILES string of the molecule is Cc1cc2ccccc2n1-c1ccc(-n2c(-c3ccncc3)nnc2-c2ccccn2)cn1. The van der Waals surface area contributed by atoms with Gasteiger partial charge in [-0.15, -0.1) is 10.2 Å². The van der Waals surface area contributed by atoms with E-state index in [2.05, 4.69) is 55.9 Å². The second kappa shape index (κ2) is 7.80. The second-order valence-corrected chi connectivity index (χ2v) is 7.69. The van der Waals surface area contributed by atoms with Gasteiger partial charge in [0.25, 0.3) is 0 Å². The summed E-state index contributed by atoms with van der Waals surface area (Å²) < 4.78 is 4.14. The molecule has 0 aliphatic rings. The Bertz CT molecular complexity index is 1490. The number of para-hydroxylation sites is 1. The Kier molecular flexibility index (Phi) is 4.51. The van der Waals surface area contributed by atoms with Crippen molar-refractivity contribution < 1.29 is 0 Å². The maximum absolute atomic E-state index is 4.81. The third kappa shape index (κ3) is 3.27. The van der Waals surface area contributed by atoms with Gasteiger partial charge in [-0.25, -0.2) is 4.98 Å². The van der Waals surface area contributed by atoms with E-state index in [1.807, 2.05) is 59.3 Å². The third-order valence-electron chi connectivity index (χ3n) is 5.61. The van der Waals surface area contributed by atoms with E-state index < -0.39 is 0 Å². The van der Waals surface area contributed by atoms with Gasteiger partial charge in [0.15, 0.2) is 11.6 Å². The second-order valence-electron chi connectivity index (χ2n) is 7.69. The highest BCUT2D eigenvalue weighted by Gasteiger charge is 2.18. The predicted molar refractivity (Wildman–Crippen MR) is 127 cm³/mol. The maximum atomic E-state index is 4.81. The van der Waals surface area contributed by atoms with Crippen molar-refractivity contribution >= 4 is 10.9 Å². The summed E-state index contributed by atoms with van der Waals surface area (Å²) in [5.74, 6) is 2.21. The van der Waals surface area contributed by atoms with Gasteiger partial charge in [-0.05, 0) is 55.5 Å². The van der Waals surface area contributed by atoms with Crippen molar-refractivity contribution in [3.63, 3.8) is 0 Å². The monoisotopic (exact) mass is 429 g/mol. The number of pyridine rings is 3. The Morgan fingerprint density at radius 1 is 0.697 bits per heavy atom. The number of aryl methyl sites for hydroxylation is 1. The summed E-state index contributed by atoms with van der Waals surface area (Å²) in [6.45, 7) is 2.09. The Morgan fingerprint density at radius 2 is 1.52 bits per heavy atom. The van der Waals surface area contributed by atoms with Crippen LogP contribution in [0.2, 0.25) is 0 Å². The van der Waals surface area contributed by atoms with Gasteiger partial charge in [0.05, 0.1) is 17.4 Å². The fraction of sp³-hybridized carbons (Fsp3) is 0.0385. The van der Waals surface area contributed by atoms with Gasteiger partial charge in [0, 0.05) is 35.2 Å². The van der Waals surface area contributed by atoms with Crippen LogP contribution in [0.15, 0.2) is 97.6 Å². The molecule has 0 fully saturated rings. The zero-order valence-corrected chi connectivity index (χ0v) is 17.9. The van der Waals surface area contributed by atoms with Gasteiger partial charge in [0.2, 0.25) is 0 Å². The minimum absolute atomic E-state index is 0.652. The largest absolute Gasteiger partial charge is 0.298 e. The number of benzene rings is 1. The Hall–Kier alpha value is -4.65. The van der Waals surface area contributed by atoms with Crippen molar-refractivity contribution in [1.29, 1.82) is 0 Å². The average Bonchev–Trinajstić information content (AvgIpc) is 3.46. The highest BCUT2D eigenvalue weighted by atomic mass is 15.3. The summed E-state index contributed by atoms with van der Waals surface area (Å²) in [7, 11) is 0. The molecule has 0 N–H and O–H groups in total. The summed E-state index contributed by atoms with van der Waals surface area (Å²) in [5.41, 5.74) is 4.77. The van der Waals surface area contributed by atoms with Crippen LogP contribution in [0.25, 0.3) is 45.3 Å². The van der Waals surface area contributed by atoms with Gasteiger partial charge >= 0.3 is 0 Å². The standard InChI is InChI=1S/C26H19N7/c1-18-16-20-6-2-3-8-23(20)32(18)24-10-9-21(17-29-24)33-25(19-11-14-27-15-12-19)30-31-26(33)22-7-4-5-13-28-22/h2-17H,1H3. The molecular formula is C26H19N7. The molecule has 1 aromatic carbocycles. The molecule has 0 radical (unpaired) electrons. The first-order chi connectivity index (χ1) is 16.3. The summed E-state index contributed by atoms with van der Waals surface area (Å²) in [5, 5.41) is 10.1. The van der Waals surface area contributed by atoms with E-state index >= 15 is 0 Å². The minimum Gasteiger partial charge on any atom is -0.298 e. The molecule has 5 aromatic heterocycles. The van der Waals surface area contributed by atoms with Crippen molar-refractivity contribution in [3.05, 3.63) is 103 Å². The van der Waals surface area contributed by atoms with Crippen molar-refractivity contribution in [2.75, 3.05) is 0 Å². The molecule has 0 aliphatic carbocycles. The Labute approximate surface area is 190 Å². The molecule has 0 unspecified atom stereocenters. The quantitative estimate of drug-likeness (QED) is 0.393. The molecule has 7 heteroatoms. The number of rotatable bonds is 4. The third-order valence-corrected chi connectivity index (χ3v) is 5.61. The van der Waals surface area contributed by atoms with Gasteiger partial charge in [0.1, 0.15) is 11.5 Å². The van der Waals surface area contributed by atoms with Crippen LogP contribution in [0, 0.1) is 6.92 Å². The predicted octanol–water partition coefficient (Wildman–Crippen LogP) is 5.04. The number of nitrogens with zero attached hydrogens (tertiary/aromatic N) is 7. The maximum Gasteiger partial charge on any atom is 0.187 e. The van der Waals surface area contributed by atoms with Crippen molar-refractivity contribution in [2.24, 2.45) is 0 Å². The fourth-order valence-electron chi connectivity index (χ4n) is 4.12. The van der Waals surface area contributed by atoms with Gasteiger partial charge in [-0.1, -0.05) is 24.3 Å². The molecule has 7 nitrogen and oxygen atoms in total. The zero-order chi connectivity index (χ0) is 22.2. The van der Waals surface area contributed by atoms with Crippen LogP contribution in [0.5, 0.6) is 0 Å². The van der Waals surface area contributed by atoms with E-state index in [-0.39, 0.29) is 0 Å². The molecule has 0 amide bonds. The molecule has 0 bridgehead atoms. The molecule has 0 aliphatic heterocycles. The zero-order valence-electron chi connectivity index (χ0n) is 17.9. The van der Waals surface area contributed by atoms with E-state index in [1.165, 1.54) is 5.39 Å². The molecule has 5 heterocycles. The highest BCUT2D eigenvalue weighted by molar-refractivity contribution is 5.83. The minimum atomic E-state index is 0.652. The highest BCUT2D eigenvalue weighted by Crippen LogP contribution is 2.28. The molecule has 33 heavy (non-hydrogen) atoms. The summed E-state index contributed by atoms with van der Waals surface area (Å²) in [6.07, 6.45) is 7.10. The average molecular weight is 429 g/mol. The van der Waals surface area contributed by atoms with Crippen LogP contribution in [0.4, 0.5) is 0 Å². The van der Waals surface area contributed by atoms with Gasteiger partial charge in [-0.2, -0.15) is 0 Å². The number of fused-ring (bicyclic) bond motifs is 1. The van der Waals surface area contributed by atoms with Crippen molar-refractivity contribution in [1.82, 2.24) is 34.3 Å². The Balaban J connectivity index is 1.51. The molecule has 6 aromatic rings. The van der Waals surface area contributed by atoms with E-state index in [0.717, 1.165) is 34.0 Å². The Morgan fingerprint density at radius 3 is 2.30 bits per heavy atom. The number of aromatic nitrogens is 7. The smallest absolute Gasteiger partial charge is 0.187 e. The first kappa shape index (κ1) is 19.1. The van der Waals surface area contributed by atoms with Crippen molar-refractivity contribution in [2.45, 2.75) is 6.92 Å². The molecule has 158 valence electrons. The van der Waals surface area contributed by atoms with Crippen molar-refractivity contribution in [3.8, 4) is 34.4 Å². The summed E-state index contributed by atoms with van der Waals surface area (Å²) in [4.78, 5) is 13.4. The summed E-state index contributed by atoms with van der Waals surface area (Å²) in [6, 6.07) is 24.1. The first-order valence-electron chi connectivity index (χ1n) is 10.6. The van der Waals surface area contributed by atoms with E-state index in [1.54, 1.807) is 18.6 Å². The molecule has 6 rings (SSSR count). The molecule has 0 saturated carbocycles. The number of hydrogen-bond donors (Lipinski definition) is 0. The lowest BCUT2D eigenvalue weighted by atomic mass is 10.2. The fourth-order valence-corrected chi connectivity index (χ4v) is 4.12. The lowest BCUT2D eigenvalue weighted by molar-refractivity contribution is 0.973. The van der Waals surface area contributed by atoms with E-state index in [4.69, 9.17) is 4.98 Å². The lowest BCUT2D eigenvalue weighted by Crippen LogP contribution is -2.04. The topological polar surface area (TPSA) is 74.3 Å².